The fraction of sp³-hybridized carbons (Fsp3) is 0.600. The van der Waals surface area contributed by atoms with Gasteiger partial charge in [0, 0.05) is 8.95 Å². The van der Waals surface area contributed by atoms with Crippen LogP contribution in [0.15, 0.2) is 27.1 Å². The Hall–Kier alpha value is 0.180. The molecule has 0 heterocycles. The van der Waals surface area contributed by atoms with E-state index in [2.05, 4.69) is 57.0 Å². The monoisotopic (exact) mass is 360 g/mol. The van der Waals surface area contributed by atoms with Gasteiger partial charge in [-0.1, -0.05) is 77.3 Å². The summed E-state index contributed by atoms with van der Waals surface area (Å²) in [6.07, 6.45) is 10.9. The average molecular weight is 362 g/mol. The molecule has 0 atom stereocenters. The molecular formula is C15H22Br2. The van der Waals surface area contributed by atoms with Gasteiger partial charge < -0.3 is 0 Å². The van der Waals surface area contributed by atoms with E-state index in [0.29, 0.717) is 0 Å². The molecule has 0 aliphatic heterocycles. The van der Waals surface area contributed by atoms with E-state index in [1.807, 2.05) is 0 Å². The number of unbranched alkanes of at least 4 members (excludes halogenated alkanes) is 6. The molecule has 0 radical (unpaired) electrons. The summed E-state index contributed by atoms with van der Waals surface area (Å²) in [4.78, 5) is 0. The minimum Gasteiger partial charge on any atom is -0.0654 e. The van der Waals surface area contributed by atoms with Gasteiger partial charge in [-0.3, -0.25) is 0 Å². The zero-order chi connectivity index (χ0) is 12.5. The van der Waals surface area contributed by atoms with Gasteiger partial charge in [0.1, 0.15) is 0 Å². The summed E-state index contributed by atoms with van der Waals surface area (Å²) in [7, 11) is 0. The van der Waals surface area contributed by atoms with Crippen molar-refractivity contribution in [3.05, 3.63) is 32.7 Å². The molecule has 0 bridgehead atoms. The summed E-state index contributed by atoms with van der Waals surface area (Å²) in [6, 6.07) is 6.54. The maximum Gasteiger partial charge on any atom is 0.0189 e. The number of benzene rings is 1. The molecule has 0 aliphatic rings. The molecule has 17 heavy (non-hydrogen) atoms. The van der Waals surface area contributed by atoms with E-state index in [9.17, 15) is 0 Å². The Kier molecular flexibility index (Phi) is 8.21. The van der Waals surface area contributed by atoms with E-state index < -0.39 is 0 Å². The smallest absolute Gasteiger partial charge is 0.0189 e. The van der Waals surface area contributed by atoms with Gasteiger partial charge in [-0.05, 0) is 36.6 Å². The largest absolute Gasteiger partial charge is 0.0654 e. The van der Waals surface area contributed by atoms with E-state index in [4.69, 9.17) is 0 Å². The van der Waals surface area contributed by atoms with E-state index >= 15 is 0 Å². The highest BCUT2D eigenvalue weighted by Gasteiger charge is 1.98. The molecule has 0 saturated heterocycles. The fourth-order valence-corrected chi connectivity index (χ4v) is 3.43. The first-order valence-corrected chi connectivity index (χ1v) is 8.26. The zero-order valence-electron chi connectivity index (χ0n) is 10.6. The minimum atomic E-state index is 1.17. The van der Waals surface area contributed by atoms with Crippen molar-refractivity contribution in [2.75, 3.05) is 0 Å². The number of aryl methyl sites for hydroxylation is 1. The fourth-order valence-electron chi connectivity index (χ4n) is 2.04. The van der Waals surface area contributed by atoms with Crippen molar-refractivity contribution in [2.24, 2.45) is 0 Å². The highest BCUT2D eigenvalue weighted by molar-refractivity contribution is 9.11. The molecule has 2 heteroatoms. The third-order valence-electron chi connectivity index (χ3n) is 2.99. The van der Waals surface area contributed by atoms with E-state index in [1.54, 1.807) is 0 Å². The van der Waals surface area contributed by atoms with E-state index in [1.165, 1.54) is 65.9 Å². The summed E-state index contributed by atoms with van der Waals surface area (Å²) in [5.41, 5.74) is 1.43. The van der Waals surface area contributed by atoms with Crippen LogP contribution >= 0.6 is 31.9 Å². The van der Waals surface area contributed by atoms with Crippen LogP contribution in [0.2, 0.25) is 0 Å². The summed E-state index contributed by atoms with van der Waals surface area (Å²) < 4.78 is 2.34. The van der Waals surface area contributed by atoms with Gasteiger partial charge >= 0.3 is 0 Å². The van der Waals surface area contributed by atoms with Crippen LogP contribution in [0.4, 0.5) is 0 Å². The first kappa shape index (κ1) is 15.2. The summed E-state index contributed by atoms with van der Waals surface area (Å²) in [6.45, 7) is 2.27. The molecule has 0 aromatic heterocycles. The summed E-state index contributed by atoms with van der Waals surface area (Å²) in [5, 5.41) is 0. The minimum absolute atomic E-state index is 1.17. The standard InChI is InChI=1S/C15H22Br2/c1-2-3-4-5-6-7-8-9-13-10-14(16)12-15(17)11-13/h10-12H,2-9H2,1H3. The Morgan fingerprint density at radius 2 is 1.29 bits per heavy atom. The Morgan fingerprint density at radius 3 is 1.88 bits per heavy atom. The number of halogens is 2. The van der Waals surface area contributed by atoms with Crippen molar-refractivity contribution in [1.82, 2.24) is 0 Å². The lowest BCUT2D eigenvalue weighted by Gasteiger charge is -2.04. The van der Waals surface area contributed by atoms with Crippen molar-refractivity contribution in [3.63, 3.8) is 0 Å². The molecule has 0 spiro atoms. The third-order valence-corrected chi connectivity index (χ3v) is 3.91. The molecule has 1 aromatic rings. The van der Waals surface area contributed by atoms with Crippen molar-refractivity contribution in [1.29, 1.82) is 0 Å². The van der Waals surface area contributed by atoms with Gasteiger partial charge in [0.2, 0.25) is 0 Å². The van der Waals surface area contributed by atoms with Crippen LogP contribution in [-0.4, -0.2) is 0 Å². The predicted molar refractivity (Wildman–Crippen MR) is 83.5 cm³/mol. The zero-order valence-corrected chi connectivity index (χ0v) is 13.8. The van der Waals surface area contributed by atoms with Crippen molar-refractivity contribution in [2.45, 2.75) is 58.3 Å². The lowest BCUT2D eigenvalue weighted by atomic mass is 10.0. The molecule has 0 fully saturated rings. The first-order valence-electron chi connectivity index (χ1n) is 6.67. The third kappa shape index (κ3) is 7.25. The summed E-state index contributed by atoms with van der Waals surface area (Å²) in [5.74, 6) is 0. The maximum atomic E-state index is 3.53. The second-order valence-electron chi connectivity index (χ2n) is 4.65. The average Bonchev–Trinajstić information content (AvgIpc) is 2.26. The van der Waals surface area contributed by atoms with Crippen molar-refractivity contribution < 1.29 is 0 Å². The second-order valence-corrected chi connectivity index (χ2v) is 6.48. The van der Waals surface area contributed by atoms with Crippen LogP contribution in [0.25, 0.3) is 0 Å². The Morgan fingerprint density at radius 1 is 0.765 bits per heavy atom. The molecule has 0 N–H and O–H groups in total. The maximum absolute atomic E-state index is 3.53. The molecule has 0 amide bonds. The molecule has 96 valence electrons. The van der Waals surface area contributed by atoms with E-state index in [-0.39, 0.29) is 0 Å². The molecule has 0 aliphatic carbocycles. The summed E-state index contributed by atoms with van der Waals surface area (Å²) >= 11 is 7.07. The normalized spacial score (nSPS) is 10.8. The molecule has 0 unspecified atom stereocenters. The van der Waals surface area contributed by atoms with Crippen molar-refractivity contribution in [3.8, 4) is 0 Å². The van der Waals surface area contributed by atoms with Crippen LogP contribution in [0.5, 0.6) is 0 Å². The van der Waals surface area contributed by atoms with Gasteiger partial charge in [-0.2, -0.15) is 0 Å². The Balaban J connectivity index is 2.13. The topological polar surface area (TPSA) is 0 Å². The van der Waals surface area contributed by atoms with Crippen LogP contribution in [0.1, 0.15) is 57.4 Å². The van der Waals surface area contributed by atoms with Gasteiger partial charge in [0.15, 0.2) is 0 Å². The van der Waals surface area contributed by atoms with Gasteiger partial charge in [-0.25, -0.2) is 0 Å². The van der Waals surface area contributed by atoms with E-state index in [0.717, 1.165) is 0 Å². The highest BCUT2D eigenvalue weighted by atomic mass is 79.9. The van der Waals surface area contributed by atoms with Crippen LogP contribution in [-0.2, 0) is 6.42 Å². The Labute approximate surface area is 122 Å². The molecule has 1 aromatic carbocycles. The van der Waals surface area contributed by atoms with Gasteiger partial charge in [-0.15, -0.1) is 0 Å². The Bertz CT molecular complexity index is 300. The quantitative estimate of drug-likeness (QED) is 0.463. The van der Waals surface area contributed by atoms with Gasteiger partial charge in [0.25, 0.3) is 0 Å². The molecule has 0 saturated carbocycles. The molecule has 0 nitrogen and oxygen atoms in total. The lowest BCUT2D eigenvalue weighted by Crippen LogP contribution is -1.87. The number of hydrogen-bond donors (Lipinski definition) is 0. The number of rotatable bonds is 8. The van der Waals surface area contributed by atoms with Gasteiger partial charge in [0.05, 0.1) is 0 Å². The lowest BCUT2D eigenvalue weighted by molar-refractivity contribution is 0.589. The second kappa shape index (κ2) is 9.16. The van der Waals surface area contributed by atoms with Crippen molar-refractivity contribution >= 4 is 31.9 Å². The SMILES string of the molecule is CCCCCCCCCc1cc(Br)cc(Br)c1. The molecular weight excluding hydrogens is 340 g/mol. The first-order chi connectivity index (χ1) is 8.22. The van der Waals surface area contributed by atoms with Crippen LogP contribution in [0, 0.1) is 0 Å². The van der Waals surface area contributed by atoms with Crippen LogP contribution in [0.3, 0.4) is 0 Å². The highest BCUT2D eigenvalue weighted by Crippen LogP contribution is 2.21. The number of hydrogen-bond acceptors (Lipinski definition) is 0. The van der Waals surface area contributed by atoms with Crippen LogP contribution < -0.4 is 0 Å². The molecule has 1 rings (SSSR count). The predicted octanol–water partition coefficient (Wildman–Crippen LogP) is 6.50.